The Morgan fingerprint density at radius 2 is 1.78 bits per heavy atom. The van der Waals surface area contributed by atoms with E-state index in [4.69, 9.17) is 9.47 Å². The van der Waals surface area contributed by atoms with Crippen molar-refractivity contribution in [3.63, 3.8) is 0 Å². The Morgan fingerprint density at radius 3 is 2.56 bits per heavy atom. The molecule has 0 fully saturated rings. The number of carbonyl (C=O) groups is 1. The van der Waals surface area contributed by atoms with Crippen LogP contribution in [-0.4, -0.2) is 34.1 Å². The lowest BCUT2D eigenvalue weighted by molar-refractivity contribution is -0.127. The number of ether oxygens (including phenoxy) is 2. The number of rotatable bonds is 6. The number of fused-ring (bicyclic) bond motifs is 2. The second kappa shape index (κ2) is 9.54. The maximum atomic E-state index is 13.7. The fourth-order valence-electron chi connectivity index (χ4n) is 4.34. The van der Waals surface area contributed by atoms with E-state index >= 15 is 0 Å². The van der Waals surface area contributed by atoms with E-state index in [-0.39, 0.29) is 17.3 Å². The van der Waals surface area contributed by atoms with Crippen molar-refractivity contribution in [2.24, 2.45) is 0 Å². The molecule has 4 aromatic carbocycles. The number of methoxy groups -OCH3 is 1. The van der Waals surface area contributed by atoms with E-state index in [0.29, 0.717) is 23.7 Å². The van der Waals surface area contributed by atoms with Crippen molar-refractivity contribution in [3.8, 4) is 11.5 Å². The van der Waals surface area contributed by atoms with Gasteiger partial charge in [-0.1, -0.05) is 48.5 Å². The Bertz CT molecular complexity index is 1530. The highest BCUT2D eigenvalue weighted by Gasteiger charge is 2.37. The summed E-state index contributed by atoms with van der Waals surface area (Å²) in [4.78, 5) is 13.3. The van der Waals surface area contributed by atoms with Gasteiger partial charge in [0.1, 0.15) is 11.5 Å². The first-order valence-electron chi connectivity index (χ1n) is 11.6. The number of nitrogens with one attached hydrogen (secondary N) is 1. The predicted molar refractivity (Wildman–Crippen MR) is 139 cm³/mol. The Labute approximate surface area is 210 Å². The highest BCUT2D eigenvalue weighted by atomic mass is 32.2. The standard InChI is InChI=1S/C28H26N2O5S/c1-19-10-15-26-25(16-19)30(36(32,33)23-13-11-22(34-2)12-14-23)18-27(35-26)28(31)29-17-21-8-5-7-20-6-3-4-9-24(20)21/h3-16,27H,17-18H2,1-2H3,(H,29,31)/t27-/m1/s1. The fraction of sp³-hybridized carbons (Fsp3) is 0.179. The summed E-state index contributed by atoms with van der Waals surface area (Å²) in [7, 11) is -2.44. The van der Waals surface area contributed by atoms with Gasteiger partial charge in [-0.15, -0.1) is 0 Å². The molecule has 1 aliphatic heterocycles. The molecular weight excluding hydrogens is 476 g/mol. The summed E-state index contributed by atoms with van der Waals surface area (Å²) in [5.41, 5.74) is 2.26. The molecule has 36 heavy (non-hydrogen) atoms. The molecule has 5 rings (SSSR count). The minimum absolute atomic E-state index is 0.104. The van der Waals surface area contributed by atoms with Gasteiger partial charge in [-0.25, -0.2) is 8.42 Å². The molecular formula is C28H26N2O5S. The van der Waals surface area contributed by atoms with Crippen LogP contribution in [-0.2, 0) is 21.4 Å². The molecule has 7 nitrogen and oxygen atoms in total. The highest BCUT2D eigenvalue weighted by molar-refractivity contribution is 7.92. The zero-order valence-corrected chi connectivity index (χ0v) is 20.8. The molecule has 4 aromatic rings. The van der Waals surface area contributed by atoms with Crippen molar-refractivity contribution >= 4 is 32.4 Å². The predicted octanol–water partition coefficient (Wildman–Crippen LogP) is 4.43. The molecule has 0 saturated carbocycles. The third kappa shape index (κ3) is 4.47. The lowest BCUT2D eigenvalue weighted by Crippen LogP contribution is -2.50. The molecule has 0 unspecified atom stereocenters. The second-order valence-corrected chi connectivity index (χ2v) is 10.5. The highest BCUT2D eigenvalue weighted by Crippen LogP contribution is 2.38. The maximum Gasteiger partial charge on any atom is 0.264 e. The smallest absolute Gasteiger partial charge is 0.264 e. The van der Waals surface area contributed by atoms with Crippen LogP contribution < -0.4 is 19.1 Å². The van der Waals surface area contributed by atoms with Gasteiger partial charge in [-0.05, 0) is 65.2 Å². The molecule has 1 heterocycles. The van der Waals surface area contributed by atoms with Gasteiger partial charge in [0.2, 0.25) is 0 Å². The van der Waals surface area contributed by atoms with Crippen LogP contribution in [0, 0.1) is 6.92 Å². The van der Waals surface area contributed by atoms with Gasteiger partial charge >= 0.3 is 0 Å². The van der Waals surface area contributed by atoms with E-state index < -0.39 is 16.1 Å². The molecule has 0 aliphatic carbocycles. The van der Waals surface area contributed by atoms with Crippen molar-refractivity contribution in [1.82, 2.24) is 5.32 Å². The first-order chi connectivity index (χ1) is 17.4. The van der Waals surface area contributed by atoms with Crippen LogP contribution in [0.4, 0.5) is 5.69 Å². The monoisotopic (exact) mass is 502 g/mol. The van der Waals surface area contributed by atoms with E-state index in [1.165, 1.54) is 23.5 Å². The van der Waals surface area contributed by atoms with Crippen LogP contribution in [0.1, 0.15) is 11.1 Å². The van der Waals surface area contributed by atoms with Crippen LogP contribution in [0.2, 0.25) is 0 Å². The van der Waals surface area contributed by atoms with Crippen LogP contribution in [0.5, 0.6) is 11.5 Å². The first kappa shape index (κ1) is 23.7. The van der Waals surface area contributed by atoms with Gasteiger partial charge < -0.3 is 14.8 Å². The van der Waals surface area contributed by atoms with Crippen LogP contribution in [0.15, 0.2) is 89.8 Å². The van der Waals surface area contributed by atoms with Gasteiger partial charge in [-0.3, -0.25) is 9.10 Å². The van der Waals surface area contributed by atoms with E-state index in [0.717, 1.165) is 21.9 Å². The number of hydrogen-bond acceptors (Lipinski definition) is 5. The molecule has 184 valence electrons. The Morgan fingerprint density at radius 1 is 1.03 bits per heavy atom. The fourth-order valence-corrected chi connectivity index (χ4v) is 5.81. The molecule has 0 bridgehead atoms. The normalized spacial score (nSPS) is 15.2. The number of sulfonamides is 1. The van der Waals surface area contributed by atoms with Crippen LogP contribution >= 0.6 is 0 Å². The average molecular weight is 503 g/mol. The van der Waals surface area contributed by atoms with Crippen molar-refractivity contribution < 1.29 is 22.7 Å². The number of hydrogen-bond donors (Lipinski definition) is 1. The lowest BCUT2D eigenvalue weighted by Gasteiger charge is -2.35. The van der Waals surface area contributed by atoms with Gasteiger partial charge in [0.15, 0.2) is 6.10 Å². The van der Waals surface area contributed by atoms with Crippen LogP contribution in [0.3, 0.4) is 0 Å². The third-order valence-corrected chi connectivity index (χ3v) is 8.05. The Hall–Kier alpha value is -4.04. The molecule has 1 amide bonds. The summed E-state index contributed by atoms with van der Waals surface area (Å²) in [6.07, 6.45) is -1.01. The molecule has 1 aliphatic rings. The van der Waals surface area contributed by atoms with E-state index in [1.807, 2.05) is 55.5 Å². The summed E-state index contributed by atoms with van der Waals surface area (Å²) in [5, 5.41) is 5.06. The van der Waals surface area contributed by atoms with Gasteiger partial charge in [0.05, 0.1) is 24.2 Å². The zero-order chi connectivity index (χ0) is 25.3. The van der Waals surface area contributed by atoms with Gasteiger partial charge in [0.25, 0.3) is 15.9 Å². The van der Waals surface area contributed by atoms with Crippen molar-refractivity contribution in [3.05, 3.63) is 96.1 Å². The summed E-state index contributed by atoms with van der Waals surface area (Å²) in [6.45, 7) is 2.03. The minimum atomic E-state index is -3.96. The molecule has 1 atom stereocenters. The van der Waals surface area contributed by atoms with Crippen molar-refractivity contribution in [1.29, 1.82) is 0 Å². The topological polar surface area (TPSA) is 84.9 Å². The number of nitrogens with zero attached hydrogens (tertiary/aromatic N) is 1. The molecule has 8 heteroatoms. The molecule has 0 spiro atoms. The molecule has 0 radical (unpaired) electrons. The first-order valence-corrected chi connectivity index (χ1v) is 13.0. The molecule has 0 aromatic heterocycles. The molecule has 1 N–H and O–H groups in total. The lowest BCUT2D eigenvalue weighted by atomic mass is 10.0. The second-order valence-electron chi connectivity index (χ2n) is 8.65. The van der Waals surface area contributed by atoms with Crippen LogP contribution in [0.25, 0.3) is 10.8 Å². The third-order valence-electron chi connectivity index (χ3n) is 6.26. The average Bonchev–Trinajstić information content (AvgIpc) is 2.91. The number of carbonyl (C=O) groups excluding carboxylic acids is 1. The number of aryl methyl sites for hydroxylation is 1. The number of benzene rings is 4. The largest absolute Gasteiger partial charge is 0.497 e. The van der Waals surface area contributed by atoms with Crippen molar-refractivity contribution in [2.45, 2.75) is 24.5 Å². The van der Waals surface area contributed by atoms with E-state index in [9.17, 15) is 13.2 Å². The van der Waals surface area contributed by atoms with E-state index in [1.54, 1.807) is 24.3 Å². The number of amides is 1. The minimum Gasteiger partial charge on any atom is -0.497 e. The number of anilines is 1. The summed E-state index contributed by atoms with van der Waals surface area (Å²) in [5.74, 6) is 0.510. The van der Waals surface area contributed by atoms with Gasteiger partial charge in [-0.2, -0.15) is 0 Å². The Kier molecular flexibility index (Phi) is 6.28. The quantitative estimate of drug-likeness (QED) is 0.422. The zero-order valence-electron chi connectivity index (χ0n) is 20.0. The van der Waals surface area contributed by atoms with Crippen molar-refractivity contribution in [2.75, 3.05) is 18.0 Å². The maximum absolute atomic E-state index is 13.7. The summed E-state index contributed by atoms with van der Waals surface area (Å²) < 4.78 is 39.7. The Balaban J connectivity index is 1.42. The molecule has 0 saturated heterocycles. The van der Waals surface area contributed by atoms with E-state index in [2.05, 4.69) is 5.32 Å². The van der Waals surface area contributed by atoms with Gasteiger partial charge in [0, 0.05) is 6.54 Å². The summed E-state index contributed by atoms with van der Waals surface area (Å²) >= 11 is 0. The summed E-state index contributed by atoms with van der Waals surface area (Å²) in [6, 6.07) is 25.3. The SMILES string of the molecule is COc1ccc(S(=O)(=O)N2C[C@H](C(=O)NCc3cccc4ccccc34)Oc3ccc(C)cc32)cc1.